The molecule has 0 aromatic heterocycles. The highest BCUT2D eigenvalue weighted by Gasteiger charge is 2.24. The third-order valence-electron chi connectivity index (χ3n) is 3.40. The first-order valence-electron chi connectivity index (χ1n) is 6.23. The molecule has 2 unspecified atom stereocenters. The van der Waals surface area contributed by atoms with E-state index in [1.165, 1.54) is 5.56 Å². The van der Waals surface area contributed by atoms with Crippen molar-refractivity contribution in [2.75, 3.05) is 17.6 Å². The van der Waals surface area contributed by atoms with E-state index >= 15 is 0 Å². The maximum Gasteiger partial charge on any atom is 0.122 e. The quantitative estimate of drug-likeness (QED) is 0.654. The van der Waals surface area contributed by atoms with Crippen molar-refractivity contribution in [2.24, 2.45) is 5.92 Å². The number of rotatable bonds is 5. The maximum atomic E-state index is 5.70. The molecule has 0 aliphatic carbocycles. The Hall–Kier alpha value is -0.290. The van der Waals surface area contributed by atoms with Gasteiger partial charge in [0.2, 0.25) is 0 Å². The van der Waals surface area contributed by atoms with Crippen molar-refractivity contribution in [1.82, 2.24) is 5.32 Å². The van der Waals surface area contributed by atoms with Gasteiger partial charge >= 0.3 is 0 Å². The highest BCUT2D eigenvalue weighted by molar-refractivity contribution is 14.1. The number of nitrogens with one attached hydrogen (secondary N) is 1. The number of ether oxygens (including phenoxy) is 1. The van der Waals surface area contributed by atoms with E-state index in [9.17, 15) is 0 Å². The summed E-state index contributed by atoms with van der Waals surface area (Å²) in [7, 11) is 0. The summed E-state index contributed by atoms with van der Waals surface area (Å²) in [5.41, 5.74) is 1.36. The van der Waals surface area contributed by atoms with Crippen LogP contribution in [0.5, 0.6) is 5.75 Å². The highest BCUT2D eigenvalue weighted by atomic mass is 127. The van der Waals surface area contributed by atoms with Crippen molar-refractivity contribution < 1.29 is 4.74 Å². The zero-order valence-electron chi connectivity index (χ0n) is 10.4. The van der Waals surface area contributed by atoms with Crippen molar-refractivity contribution in [3.8, 4) is 5.75 Å². The van der Waals surface area contributed by atoms with Gasteiger partial charge < -0.3 is 10.1 Å². The summed E-state index contributed by atoms with van der Waals surface area (Å²) >= 11 is 2.46. The first-order valence-corrected chi connectivity index (χ1v) is 7.76. The number of halogens is 1. The van der Waals surface area contributed by atoms with Crippen molar-refractivity contribution in [1.29, 1.82) is 0 Å². The van der Waals surface area contributed by atoms with Crippen LogP contribution in [0.4, 0.5) is 0 Å². The number of hydrogen-bond donors (Lipinski definition) is 1. The van der Waals surface area contributed by atoms with Gasteiger partial charge in [-0.2, -0.15) is 0 Å². The second-order valence-corrected chi connectivity index (χ2v) is 5.84. The van der Waals surface area contributed by atoms with E-state index in [0.717, 1.165) is 23.3 Å². The predicted molar refractivity (Wildman–Crippen MR) is 80.2 cm³/mol. The fourth-order valence-corrected chi connectivity index (χ4v) is 3.49. The second kappa shape index (κ2) is 6.05. The van der Waals surface area contributed by atoms with E-state index in [4.69, 9.17) is 4.74 Å². The molecule has 1 N–H and O–H groups in total. The molecule has 1 aliphatic rings. The van der Waals surface area contributed by atoms with Crippen molar-refractivity contribution in [3.63, 3.8) is 0 Å². The molecular formula is C14H20INO. The third-order valence-corrected chi connectivity index (χ3v) is 4.35. The summed E-state index contributed by atoms with van der Waals surface area (Å²) < 4.78 is 6.85. The third kappa shape index (κ3) is 3.13. The number of fused-ring (bicyclic) bond motifs is 1. The molecule has 2 nitrogen and oxygen atoms in total. The molecule has 2 atom stereocenters. The van der Waals surface area contributed by atoms with Crippen LogP contribution in [0, 0.1) is 5.92 Å². The van der Waals surface area contributed by atoms with Gasteiger partial charge in [0.1, 0.15) is 5.75 Å². The number of benzene rings is 1. The maximum absolute atomic E-state index is 5.70. The van der Waals surface area contributed by atoms with Crippen molar-refractivity contribution in [3.05, 3.63) is 29.8 Å². The molecule has 1 aliphatic heterocycles. The molecule has 0 radical (unpaired) electrons. The van der Waals surface area contributed by atoms with Crippen molar-refractivity contribution in [2.45, 2.75) is 25.8 Å². The van der Waals surface area contributed by atoms with Crippen LogP contribution in [0.2, 0.25) is 0 Å². The molecule has 0 spiro atoms. The highest BCUT2D eigenvalue weighted by Crippen LogP contribution is 2.32. The lowest BCUT2D eigenvalue weighted by molar-refractivity contribution is 0.317. The monoisotopic (exact) mass is 345 g/mol. The molecule has 0 saturated carbocycles. The first-order chi connectivity index (χ1) is 8.22. The Labute approximate surface area is 117 Å². The van der Waals surface area contributed by atoms with Gasteiger partial charge in [-0.25, -0.2) is 0 Å². The Morgan fingerprint density at radius 1 is 1.41 bits per heavy atom. The van der Waals surface area contributed by atoms with Gasteiger partial charge in [0.25, 0.3) is 0 Å². The Morgan fingerprint density at radius 3 is 2.88 bits per heavy atom. The molecule has 1 heterocycles. The molecule has 0 fully saturated rings. The minimum Gasteiger partial charge on any atom is -0.493 e. The standard InChI is InChI=1S/C14H20INO/c1-10(2)13(7-15)16-8-11-9-17-14-6-4-3-5-12(11)14/h3-6,10-11,13,16H,7-9H2,1-2H3. The van der Waals surface area contributed by atoms with E-state index in [-0.39, 0.29) is 0 Å². The largest absolute Gasteiger partial charge is 0.493 e. The van der Waals surface area contributed by atoms with Crippen LogP contribution in [0.15, 0.2) is 24.3 Å². The Morgan fingerprint density at radius 2 is 2.18 bits per heavy atom. The van der Waals surface area contributed by atoms with E-state index < -0.39 is 0 Å². The molecule has 0 bridgehead atoms. The summed E-state index contributed by atoms with van der Waals surface area (Å²) in [5, 5.41) is 3.66. The van der Waals surface area contributed by atoms with Gasteiger partial charge in [0, 0.05) is 28.5 Å². The van der Waals surface area contributed by atoms with Crippen LogP contribution >= 0.6 is 22.6 Å². The minimum absolute atomic E-state index is 0.510. The van der Waals surface area contributed by atoms with Crippen LogP contribution < -0.4 is 10.1 Å². The lowest BCUT2D eigenvalue weighted by Gasteiger charge is -2.21. The number of para-hydroxylation sites is 1. The molecule has 0 amide bonds. The lowest BCUT2D eigenvalue weighted by Crippen LogP contribution is -2.38. The Bertz CT molecular complexity index is 367. The summed E-state index contributed by atoms with van der Waals surface area (Å²) in [6.07, 6.45) is 0. The van der Waals surface area contributed by atoms with Gasteiger partial charge in [-0.1, -0.05) is 54.6 Å². The molecule has 1 aromatic carbocycles. The summed E-state index contributed by atoms with van der Waals surface area (Å²) in [5.74, 6) is 2.26. The van der Waals surface area contributed by atoms with Gasteiger partial charge in [0.15, 0.2) is 0 Å². The summed E-state index contributed by atoms with van der Waals surface area (Å²) in [4.78, 5) is 0. The fraction of sp³-hybridized carbons (Fsp3) is 0.571. The molecule has 0 saturated heterocycles. The second-order valence-electron chi connectivity index (χ2n) is 4.96. The molecular weight excluding hydrogens is 325 g/mol. The van der Waals surface area contributed by atoms with Crippen LogP contribution in [-0.4, -0.2) is 23.6 Å². The van der Waals surface area contributed by atoms with Crippen LogP contribution in [0.3, 0.4) is 0 Å². The zero-order chi connectivity index (χ0) is 12.3. The predicted octanol–water partition coefficient (Wildman–Crippen LogP) is 3.21. The zero-order valence-corrected chi connectivity index (χ0v) is 12.6. The number of alkyl halides is 1. The van der Waals surface area contributed by atoms with Crippen molar-refractivity contribution >= 4 is 22.6 Å². The minimum atomic E-state index is 0.510. The van der Waals surface area contributed by atoms with Crippen LogP contribution in [-0.2, 0) is 0 Å². The molecule has 2 rings (SSSR count). The normalized spacial score (nSPS) is 20.1. The van der Waals surface area contributed by atoms with E-state index in [0.29, 0.717) is 17.9 Å². The van der Waals surface area contributed by atoms with Crippen LogP contribution in [0.25, 0.3) is 0 Å². The first kappa shape index (κ1) is 13.1. The Kier molecular flexibility index (Phi) is 4.68. The van der Waals surface area contributed by atoms with Gasteiger partial charge in [-0.05, 0) is 12.0 Å². The summed E-state index contributed by atoms with van der Waals surface area (Å²) in [6, 6.07) is 8.98. The Balaban J connectivity index is 1.93. The van der Waals surface area contributed by atoms with Gasteiger partial charge in [-0.15, -0.1) is 0 Å². The molecule has 1 aromatic rings. The SMILES string of the molecule is CC(C)C(CI)NCC1COc2ccccc21. The number of hydrogen-bond acceptors (Lipinski definition) is 2. The summed E-state index contributed by atoms with van der Waals surface area (Å²) in [6.45, 7) is 6.38. The van der Waals surface area contributed by atoms with E-state index in [2.05, 4.69) is 60.0 Å². The fourth-order valence-electron chi connectivity index (χ4n) is 2.16. The smallest absolute Gasteiger partial charge is 0.122 e. The average Bonchev–Trinajstić information content (AvgIpc) is 2.73. The van der Waals surface area contributed by atoms with E-state index in [1.807, 2.05) is 6.07 Å². The van der Waals surface area contributed by atoms with Gasteiger partial charge in [0.05, 0.1) is 6.61 Å². The lowest BCUT2D eigenvalue weighted by atomic mass is 10.00. The topological polar surface area (TPSA) is 21.3 Å². The molecule has 3 heteroatoms. The molecule has 17 heavy (non-hydrogen) atoms. The van der Waals surface area contributed by atoms with Gasteiger partial charge in [-0.3, -0.25) is 0 Å². The van der Waals surface area contributed by atoms with E-state index in [1.54, 1.807) is 0 Å². The molecule has 94 valence electrons. The van der Waals surface area contributed by atoms with Crippen LogP contribution in [0.1, 0.15) is 25.3 Å². The average molecular weight is 345 g/mol.